The lowest BCUT2D eigenvalue weighted by molar-refractivity contribution is 0.0952. The molecule has 3 heterocycles. The molecule has 0 bridgehead atoms. The van der Waals surface area contributed by atoms with E-state index in [2.05, 4.69) is 39.4 Å². The Morgan fingerprint density at radius 3 is 2.39 bits per heavy atom. The number of hydrogen-bond donors (Lipinski definition) is 1. The van der Waals surface area contributed by atoms with Crippen LogP contribution in [0.5, 0.6) is 0 Å². The van der Waals surface area contributed by atoms with Gasteiger partial charge in [0.05, 0.1) is 0 Å². The number of piperazine rings is 1. The van der Waals surface area contributed by atoms with Crippen molar-refractivity contribution < 1.29 is 13.2 Å². The molecule has 2 saturated heterocycles. The minimum atomic E-state index is -3.58. The van der Waals surface area contributed by atoms with Crippen LogP contribution in [-0.4, -0.2) is 75.9 Å². The first kappa shape index (κ1) is 22.3. The van der Waals surface area contributed by atoms with Crippen LogP contribution < -0.4 is 10.2 Å². The van der Waals surface area contributed by atoms with Crippen molar-refractivity contribution in [2.24, 2.45) is 0 Å². The van der Waals surface area contributed by atoms with E-state index in [1.807, 2.05) is 6.07 Å². The highest BCUT2D eigenvalue weighted by molar-refractivity contribution is 7.89. The smallest absolute Gasteiger partial charge is 0.262 e. The van der Waals surface area contributed by atoms with E-state index in [4.69, 9.17) is 0 Å². The third-order valence-corrected chi connectivity index (χ3v) is 8.93. The Morgan fingerprint density at radius 2 is 1.68 bits per heavy atom. The van der Waals surface area contributed by atoms with Gasteiger partial charge < -0.3 is 10.2 Å². The molecule has 168 valence electrons. The monoisotopic (exact) mass is 462 g/mol. The van der Waals surface area contributed by atoms with E-state index in [-0.39, 0.29) is 10.8 Å². The molecule has 31 heavy (non-hydrogen) atoms. The Bertz CT molecular complexity index is 964. The number of sulfonamides is 1. The predicted octanol–water partition coefficient (Wildman–Crippen LogP) is 2.47. The Hall–Kier alpha value is -1.94. The molecule has 2 aliphatic heterocycles. The SMILES string of the molecule is O=C(NCCCN1CCN(c2ccccc2)CC1)c1sccc1S(=O)(=O)N1CCCC1. The zero-order chi connectivity index (χ0) is 21.7. The van der Waals surface area contributed by atoms with Crippen LogP contribution in [0.25, 0.3) is 0 Å². The summed E-state index contributed by atoms with van der Waals surface area (Å²) in [6, 6.07) is 12.0. The number of anilines is 1. The molecule has 9 heteroatoms. The zero-order valence-electron chi connectivity index (χ0n) is 17.7. The maximum Gasteiger partial charge on any atom is 0.262 e. The number of carbonyl (C=O) groups is 1. The van der Waals surface area contributed by atoms with Crippen molar-refractivity contribution in [1.29, 1.82) is 0 Å². The van der Waals surface area contributed by atoms with Gasteiger partial charge in [0.25, 0.3) is 5.91 Å². The van der Waals surface area contributed by atoms with E-state index in [9.17, 15) is 13.2 Å². The van der Waals surface area contributed by atoms with Crippen LogP contribution in [0.15, 0.2) is 46.7 Å². The molecule has 2 fully saturated rings. The second-order valence-corrected chi connectivity index (χ2v) is 10.8. The van der Waals surface area contributed by atoms with Gasteiger partial charge in [-0.1, -0.05) is 18.2 Å². The van der Waals surface area contributed by atoms with Crippen molar-refractivity contribution in [1.82, 2.24) is 14.5 Å². The van der Waals surface area contributed by atoms with Gasteiger partial charge in [0.1, 0.15) is 9.77 Å². The van der Waals surface area contributed by atoms with Crippen LogP contribution in [0.2, 0.25) is 0 Å². The first-order valence-electron chi connectivity index (χ1n) is 10.9. The number of para-hydroxylation sites is 1. The molecule has 0 radical (unpaired) electrons. The summed E-state index contributed by atoms with van der Waals surface area (Å²) in [4.78, 5) is 17.9. The first-order valence-corrected chi connectivity index (χ1v) is 13.3. The molecule has 2 aliphatic rings. The van der Waals surface area contributed by atoms with Gasteiger partial charge in [0, 0.05) is 51.5 Å². The largest absolute Gasteiger partial charge is 0.369 e. The lowest BCUT2D eigenvalue weighted by atomic mass is 10.2. The van der Waals surface area contributed by atoms with E-state index in [0.29, 0.717) is 24.5 Å². The van der Waals surface area contributed by atoms with Crippen LogP contribution in [0.1, 0.15) is 28.9 Å². The quantitative estimate of drug-likeness (QED) is 0.610. The fraction of sp³-hybridized carbons (Fsp3) is 0.500. The number of thiophene rings is 1. The predicted molar refractivity (Wildman–Crippen MR) is 124 cm³/mol. The lowest BCUT2D eigenvalue weighted by Crippen LogP contribution is -2.47. The summed E-state index contributed by atoms with van der Waals surface area (Å²) in [6.45, 7) is 6.56. The molecule has 0 spiro atoms. The maximum atomic E-state index is 12.8. The van der Waals surface area contributed by atoms with Crippen LogP contribution in [0, 0.1) is 0 Å². The minimum Gasteiger partial charge on any atom is -0.369 e. The van der Waals surface area contributed by atoms with Crippen LogP contribution >= 0.6 is 11.3 Å². The van der Waals surface area contributed by atoms with Crippen molar-refractivity contribution in [3.63, 3.8) is 0 Å². The highest BCUT2D eigenvalue weighted by Crippen LogP contribution is 2.27. The Labute approximate surface area is 188 Å². The van der Waals surface area contributed by atoms with Gasteiger partial charge >= 0.3 is 0 Å². The number of nitrogens with zero attached hydrogens (tertiary/aromatic N) is 3. The number of carbonyl (C=O) groups excluding carboxylic acids is 1. The third kappa shape index (κ3) is 5.28. The summed E-state index contributed by atoms with van der Waals surface area (Å²) in [6.07, 6.45) is 2.60. The highest BCUT2D eigenvalue weighted by atomic mass is 32.2. The maximum absolute atomic E-state index is 12.8. The standard InChI is InChI=1S/C22H30N4O3S2/c27-22(21-20(9-18-30-21)31(28,29)26-12-4-5-13-26)23-10-6-11-24-14-16-25(17-15-24)19-7-2-1-3-8-19/h1-3,7-9,18H,4-6,10-17H2,(H,23,27). The lowest BCUT2D eigenvalue weighted by Gasteiger charge is -2.36. The van der Waals surface area contributed by atoms with E-state index in [1.165, 1.54) is 21.3 Å². The Morgan fingerprint density at radius 1 is 0.968 bits per heavy atom. The Balaban J connectivity index is 1.22. The molecule has 0 unspecified atom stereocenters. The van der Waals surface area contributed by atoms with Gasteiger partial charge in [-0.2, -0.15) is 4.31 Å². The molecular formula is C22H30N4O3S2. The van der Waals surface area contributed by atoms with Gasteiger partial charge in [-0.3, -0.25) is 9.69 Å². The molecule has 0 aliphatic carbocycles. The van der Waals surface area contributed by atoms with Crippen molar-refractivity contribution in [2.45, 2.75) is 24.2 Å². The summed E-state index contributed by atoms with van der Waals surface area (Å²) in [7, 11) is -3.58. The van der Waals surface area contributed by atoms with Crippen LogP contribution in [-0.2, 0) is 10.0 Å². The summed E-state index contributed by atoms with van der Waals surface area (Å²) >= 11 is 1.19. The van der Waals surface area contributed by atoms with E-state index in [1.54, 1.807) is 11.4 Å². The van der Waals surface area contributed by atoms with E-state index >= 15 is 0 Å². The average molecular weight is 463 g/mol. The Kier molecular flexibility index (Phi) is 7.27. The topological polar surface area (TPSA) is 73.0 Å². The minimum absolute atomic E-state index is 0.147. The molecule has 1 aromatic heterocycles. The molecule has 0 saturated carbocycles. The molecule has 7 nitrogen and oxygen atoms in total. The first-order chi connectivity index (χ1) is 15.1. The summed E-state index contributed by atoms with van der Waals surface area (Å²) in [5.41, 5.74) is 1.27. The van der Waals surface area contributed by atoms with Gasteiger partial charge in [-0.25, -0.2) is 8.42 Å². The molecule has 4 rings (SSSR count). The number of nitrogens with one attached hydrogen (secondary N) is 1. The van der Waals surface area contributed by atoms with Crippen molar-refractivity contribution in [3.8, 4) is 0 Å². The second-order valence-electron chi connectivity index (χ2n) is 8.00. The van der Waals surface area contributed by atoms with Crippen LogP contribution in [0.3, 0.4) is 0 Å². The number of hydrogen-bond acceptors (Lipinski definition) is 6. The van der Waals surface area contributed by atoms with E-state index < -0.39 is 10.0 Å². The van der Waals surface area contributed by atoms with Gasteiger partial charge in [-0.05, 0) is 49.4 Å². The summed E-state index contributed by atoms with van der Waals surface area (Å²) in [5.74, 6) is -0.290. The number of rotatable bonds is 8. The molecule has 1 amide bonds. The molecule has 1 N–H and O–H groups in total. The van der Waals surface area contributed by atoms with Gasteiger partial charge in [0.2, 0.25) is 10.0 Å². The normalized spacial score (nSPS) is 18.4. The third-order valence-electron chi connectivity index (χ3n) is 5.95. The van der Waals surface area contributed by atoms with Gasteiger partial charge in [-0.15, -0.1) is 11.3 Å². The molecule has 1 aromatic carbocycles. The highest BCUT2D eigenvalue weighted by Gasteiger charge is 2.31. The van der Waals surface area contributed by atoms with Crippen molar-refractivity contribution in [2.75, 3.05) is 57.3 Å². The molecular weight excluding hydrogens is 432 g/mol. The number of amides is 1. The van der Waals surface area contributed by atoms with Crippen LogP contribution in [0.4, 0.5) is 5.69 Å². The fourth-order valence-electron chi connectivity index (χ4n) is 4.19. The summed E-state index contributed by atoms with van der Waals surface area (Å²) < 4.78 is 27.1. The molecule has 2 aromatic rings. The van der Waals surface area contributed by atoms with E-state index in [0.717, 1.165) is 52.0 Å². The number of benzene rings is 1. The fourth-order valence-corrected chi connectivity index (χ4v) is 7.02. The zero-order valence-corrected chi connectivity index (χ0v) is 19.3. The van der Waals surface area contributed by atoms with Crippen molar-refractivity contribution >= 4 is 33.0 Å². The average Bonchev–Trinajstić information content (AvgIpc) is 3.51. The second kappa shape index (κ2) is 10.1. The molecule has 0 atom stereocenters. The summed E-state index contributed by atoms with van der Waals surface area (Å²) in [5, 5.41) is 4.60. The van der Waals surface area contributed by atoms with Gasteiger partial charge in [0.15, 0.2) is 0 Å². The van der Waals surface area contributed by atoms with Crippen molar-refractivity contribution in [3.05, 3.63) is 46.7 Å².